The van der Waals surface area contributed by atoms with Gasteiger partial charge in [-0.2, -0.15) is 0 Å². The van der Waals surface area contributed by atoms with Gasteiger partial charge in [-0.15, -0.1) is 0 Å². The standard InChI is InChI=1S/C22H24FN3O2/c23-18-7-10-19(11-8-18)25-22(28)26-12-2-5-17(14-26)21(27)24-20-9-6-15-3-1-4-16(15)13-20/h6-11,13,17H,1-5,12,14H2,(H,24,27)(H,25,28). The Hall–Kier alpha value is -2.89. The van der Waals surface area contributed by atoms with Gasteiger partial charge >= 0.3 is 6.03 Å². The zero-order valence-electron chi connectivity index (χ0n) is 15.7. The van der Waals surface area contributed by atoms with Crippen LogP contribution in [-0.2, 0) is 17.6 Å². The van der Waals surface area contributed by atoms with E-state index in [1.807, 2.05) is 6.07 Å². The van der Waals surface area contributed by atoms with Crippen molar-refractivity contribution in [1.29, 1.82) is 0 Å². The van der Waals surface area contributed by atoms with Crippen LogP contribution in [0.25, 0.3) is 0 Å². The van der Waals surface area contributed by atoms with Gasteiger partial charge in [0.05, 0.1) is 5.92 Å². The Kier molecular flexibility index (Phi) is 5.28. The van der Waals surface area contributed by atoms with Gasteiger partial charge in [0, 0.05) is 24.5 Å². The van der Waals surface area contributed by atoms with Crippen LogP contribution in [0, 0.1) is 11.7 Å². The number of hydrogen-bond donors (Lipinski definition) is 2. The van der Waals surface area contributed by atoms with Crippen molar-refractivity contribution in [3.8, 4) is 0 Å². The zero-order valence-corrected chi connectivity index (χ0v) is 15.7. The van der Waals surface area contributed by atoms with Gasteiger partial charge in [0.25, 0.3) is 0 Å². The molecule has 6 heteroatoms. The smallest absolute Gasteiger partial charge is 0.321 e. The van der Waals surface area contributed by atoms with Crippen LogP contribution in [0.1, 0.15) is 30.4 Å². The summed E-state index contributed by atoms with van der Waals surface area (Å²) in [4.78, 5) is 26.9. The van der Waals surface area contributed by atoms with Crippen molar-refractivity contribution >= 4 is 23.3 Å². The van der Waals surface area contributed by atoms with Crippen LogP contribution >= 0.6 is 0 Å². The lowest BCUT2D eigenvalue weighted by Crippen LogP contribution is -2.45. The Morgan fingerprint density at radius 2 is 1.68 bits per heavy atom. The van der Waals surface area contributed by atoms with E-state index in [4.69, 9.17) is 0 Å². The number of nitrogens with one attached hydrogen (secondary N) is 2. The lowest BCUT2D eigenvalue weighted by molar-refractivity contribution is -0.121. The van der Waals surface area contributed by atoms with Crippen molar-refractivity contribution in [3.05, 3.63) is 59.4 Å². The second kappa shape index (κ2) is 8.00. The number of carbonyl (C=O) groups is 2. The molecule has 1 atom stereocenters. The minimum atomic E-state index is -0.348. The molecule has 1 heterocycles. The van der Waals surface area contributed by atoms with Crippen molar-refractivity contribution in [2.45, 2.75) is 32.1 Å². The molecule has 2 aromatic carbocycles. The molecule has 5 nitrogen and oxygen atoms in total. The molecule has 1 aliphatic carbocycles. The van der Waals surface area contributed by atoms with Crippen LogP contribution in [0.5, 0.6) is 0 Å². The fourth-order valence-electron chi connectivity index (χ4n) is 4.01. The number of amides is 3. The summed E-state index contributed by atoms with van der Waals surface area (Å²) < 4.78 is 13.0. The maximum Gasteiger partial charge on any atom is 0.321 e. The van der Waals surface area contributed by atoms with Gasteiger partial charge in [0.2, 0.25) is 5.91 Å². The molecule has 1 unspecified atom stereocenters. The summed E-state index contributed by atoms with van der Waals surface area (Å²) in [5.41, 5.74) is 4.07. The minimum absolute atomic E-state index is 0.0442. The molecule has 2 N–H and O–H groups in total. The number of rotatable bonds is 3. The summed E-state index contributed by atoms with van der Waals surface area (Å²) in [5.74, 6) is -0.627. The Bertz CT molecular complexity index is 882. The number of benzene rings is 2. The molecule has 4 rings (SSSR count). The third-order valence-corrected chi connectivity index (χ3v) is 5.54. The van der Waals surface area contributed by atoms with Crippen LogP contribution in [0.3, 0.4) is 0 Å². The maximum atomic E-state index is 13.0. The fourth-order valence-corrected chi connectivity index (χ4v) is 4.01. The number of aryl methyl sites for hydroxylation is 2. The van der Waals surface area contributed by atoms with E-state index in [1.54, 1.807) is 4.90 Å². The normalized spacial score (nSPS) is 18.5. The summed E-state index contributed by atoms with van der Waals surface area (Å²) >= 11 is 0. The highest BCUT2D eigenvalue weighted by molar-refractivity contribution is 5.94. The first-order chi connectivity index (χ1) is 13.6. The molecule has 0 aromatic heterocycles. The SMILES string of the molecule is O=C(Nc1ccc2c(c1)CCC2)C1CCCN(C(=O)Nc2ccc(F)cc2)C1. The number of piperidine rings is 1. The van der Waals surface area contributed by atoms with E-state index in [-0.39, 0.29) is 23.7 Å². The molecule has 2 aliphatic rings. The molecule has 28 heavy (non-hydrogen) atoms. The molecule has 0 bridgehead atoms. The molecule has 1 saturated heterocycles. The molecule has 2 aromatic rings. The zero-order chi connectivity index (χ0) is 19.5. The Labute approximate surface area is 163 Å². The van der Waals surface area contributed by atoms with Gasteiger partial charge in [-0.25, -0.2) is 9.18 Å². The molecule has 0 saturated carbocycles. The summed E-state index contributed by atoms with van der Waals surface area (Å²) in [6, 6.07) is 11.5. The lowest BCUT2D eigenvalue weighted by Gasteiger charge is -2.32. The molecule has 3 amide bonds. The third kappa shape index (κ3) is 4.16. The number of anilines is 2. The van der Waals surface area contributed by atoms with Gasteiger partial charge in [0.15, 0.2) is 0 Å². The number of likely N-dealkylation sites (tertiary alicyclic amines) is 1. The fraction of sp³-hybridized carbons (Fsp3) is 0.364. The van der Waals surface area contributed by atoms with E-state index < -0.39 is 0 Å². The highest BCUT2D eigenvalue weighted by atomic mass is 19.1. The molecule has 146 valence electrons. The number of fused-ring (bicyclic) bond motifs is 1. The average Bonchev–Trinajstić information content (AvgIpc) is 3.17. The van der Waals surface area contributed by atoms with E-state index in [9.17, 15) is 14.0 Å². The van der Waals surface area contributed by atoms with Crippen molar-refractivity contribution in [3.63, 3.8) is 0 Å². The van der Waals surface area contributed by atoms with Crippen LogP contribution in [-0.4, -0.2) is 29.9 Å². The monoisotopic (exact) mass is 381 g/mol. The molecule has 0 spiro atoms. The summed E-state index contributed by atoms with van der Waals surface area (Å²) in [6.07, 6.45) is 4.90. The van der Waals surface area contributed by atoms with Crippen LogP contribution in [0.2, 0.25) is 0 Å². The van der Waals surface area contributed by atoms with Crippen molar-refractivity contribution in [2.24, 2.45) is 5.92 Å². The Morgan fingerprint density at radius 3 is 2.50 bits per heavy atom. The van der Waals surface area contributed by atoms with Crippen LogP contribution < -0.4 is 10.6 Å². The number of halogens is 1. The maximum absolute atomic E-state index is 13.0. The largest absolute Gasteiger partial charge is 0.326 e. The minimum Gasteiger partial charge on any atom is -0.326 e. The van der Waals surface area contributed by atoms with Crippen molar-refractivity contribution < 1.29 is 14.0 Å². The summed E-state index contributed by atoms with van der Waals surface area (Å²) in [7, 11) is 0. The Balaban J connectivity index is 1.35. The van der Waals surface area contributed by atoms with Gasteiger partial charge in [-0.3, -0.25) is 4.79 Å². The first-order valence-electron chi connectivity index (χ1n) is 9.82. The van der Waals surface area contributed by atoms with Crippen LogP contribution in [0.15, 0.2) is 42.5 Å². The van der Waals surface area contributed by atoms with E-state index in [2.05, 4.69) is 22.8 Å². The first kappa shape index (κ1) is 18.5. The topological polar surface area (TPSA) is 61.4 Å². The first-order valence-corrected chi connectivity index (χ1v) is 9.82. The molecule has 1 aliphatic heterocycles. The van der Waals surface area contributed by atoms with E-state index >= 15 is 0 Å². The lowest BCUT2D eigenvalue weighted by atomic mass is 9.97. The Morgan fingerprint density at radius 1 is 0.929 bits per heavy atom. The second-order valence-corrected chi connectivity index (χ2v) is 7.55. The highest BCUT2D eigenvalue weighted by Crippen LogP contribution is 2.26. The molecule has 0 radical (unpaired) electrons. The number of hydrogen-bond acceptors (Lipinski definition) is 2. The van der Waals surface area contributed by atoms with Gasteiger partial charge < -0.3 is 15.5 Å². The van der Waals surface area contributed by atoms with Gasteiger partial charge in [-0.1, -0.05) is 6.07 Å². The number of urea groups is 1. The average molecular weight is 381 g/mol. The predicted octanol–water partition coefficient (Wildman–Crippen LogP) is 4.20. The summed E-state index contributed by atoms with van der Waals surface area (Å²) in [6.45, 7) is 0.986. The number of carbonyl (C=O) groups excluding carboxylic acids is 2. The second-order valence-electron chi connectivity index (χ2n) is 7.55. The van der Waals surface area contributed by atoms with Crippen molar-refractivity contribution in [1.82, 2.24) is 4.90 Å². The van der Waals surface area contributed by atoms with Gasteiger partial charge in [-0.05, 0) is 79.6 Å². The predicted molar refractivity (Wildman–Crippen MR) is 107 cm³/mol. The van der Waals surface area contributed by atoms with E-state index in [1.165, 1.54) is 41.8 Å². The summed E-state index contributed by atoms with van der Waals surface area (Å²) in [5, 5.41) is 5.78. The quantitative estimate of drug-likeness (QED) is 0.837. The van der Waals surface area contributed by atoms with Gasteiger partial charge in [0.1, 0.15) is 5.82 Å². The molecular formula is C22H24FN3O2. The van der Waals surface area contributed by atoms with Crippen LogP contribution in [0.4, 0.5) is 20.6 Å². The number of nitrogens with zero attached hydrogens (tertiary/aromatic N) is 1. The van der Waals surface area contributed by atoms with E-state index in [0.29, 0.717) is 18.8 Å². The molecular weight excluding hydrogens is 357 g/mol. The highest BCUT2D eigenvalue weighted by Gasteiger charge is 2.28. The third-order valence-electron chi connectivity index (χ3n) is 5.54. The van der Waals surface area contributed by atoms with E-state index in [0.717, 1.165) is 31.4 Å². The molecule has 1 fully saturated rings. The van der Waals surface area contributed by atoms with Crippen molar-refractivity contribution in [2.75, 3.05) is 23.7 Å².